The lowest BCUT2D eigenvalue weighted by Crippen LogP contribution is -2.21. The lowest BCUT2D eigenvalue weighted by Gasteiger charge is -2.06. The first-order valence-electron chi connectivity index (χ1n) is 7.29. The van der Waals surface area contributed by atoms with E-state index in [1.807, 2.05) is 24.3 Å². The van der Waals surface area contributed by atoms with Crippen LogP contribution in [0, 0.1) is 0 Å². The van der Waals surface area contributed by atoms with Gasteiger partial charge in [0.1, 0.15) is 0 Å². The lowest BCUT2D eigenvalue weighted by molar-refractivity contribution is -0.144. The highest BCUT2D eigenvalue weighted by molar-refractivity contribution is 8.01. The number of benzene rings is 2. The lowest BCUT2D eigenvalue weighted by atomic mass is 10.3. The first-order valence-corrected chi connectivity index (χ1v) is 9.47. The summed E-state index contributed by atoms with van der Waals surface area (Å²) in [5, 5.41) is 3.13. The van der Waals surface area contributed by atoms with Crippen LogP contribution in [0.4, 0.5) is 5.69 Å². The van der Waals surface area contributed by atoms with E-state index >= 15 is 0 Å². The van der Waals surface area contributed by atoms with Gasteiger partial charge in [0, 0.05) is 10.7 Å². The Kier molecular flexibility index (Phi) is 5.91. The number of aromatic nitrogens is 1. The zero-order valence-corrected chi connectivity index (χ0v) is 15.3. The van der Waals surface area contributed by atoms with Gasteiger partial charge in [0.05, 0.1) is 16.0 Å². The first-order chi connectivity index (χ1) is 12.1. The molecule has 5 nitrogen and oxygen atoms in total. The number of thioether (sulfide) groups is 1. The molecule has 1 amide bonds. The van der Waals surface area contributed by atoms with Gasteiger partial charge in [0.25, 0.3) is 5.91 Å². The van der Waals surface area contributed by atoms with E-state index in [1.54, 1.807) is 24.3 Å². The zero-order valence-electron chi connectivity index (χ0n) is 12.9. The Morgan fingerprint density at radius 2 is 2.04 bits per heavy atom. The Bertz CT molecular complexity index is 881. The number of carbonyl (C=O) groups is 2. The number of halogens is 1. The molecule has 0 aliphatic carbocycles. The molecule has 0 aliphatic rings. The average Bonchev–Trinajstić information content (AvgIpc) is 3.01. The number of amides is 1. The molecule has 0 atom stereocenters. The Morgan fingerprint density at radius 1 is 1.20 bits per heavy atom. The molecule has 3 aromatic rings. The fraction of sp³-hybridized carbons (Fsp3) is 0.118. The summed E-state index contributed by atoms with van der Waals surface area (Å²) in [5.41, 5.74) is 1.46. The van der Waals surface area contributed by atoms with Crippen LogP contribution >= 0.6 is 34.7 Å². The molecule has 0 saturated heterocycles. The summed E-state index contributed by atoms with van der Waals surface area (Å²) in [6.07, 6.45) is 0. The van der Waals surface area contributed by atoms with Gasteiger partial charge >= 0.3 is 5.97 Å². The second-order valence-electron chi connectivity index (χ2n) is 4.96. The highest BCUT2D eigenvalue weighted by atomic mass is 35.5. The van der Waals surface area contributed by atoms with Crippen LogP contribution in [0.15, 0.2) is 52.9 Å². The molecule has 128 valence electrons. The second kappa shape index (κ2) is 8.33. The average molecular weight is 393 g/mol. The molecule has 8 heteroatoms. The van der Waals surface area contributed by atoms with Crippen molar-refractivity contribution in [2.75, 3.05) is 17.7 Å². The normalized spacial score (nSPS) is 10.6. The first kappa shape index (κ1) is 17.7. The molecule has 0 aliphatic heterocycles. The highest BCUT2D eigenvalue weighted by Gasteiger charge is 2.11. The molecule has 3 rings (SSSR count). The SMILES string of the molecule is O=C(COC(=O)CSc1nc2ccccc2s1)Nc1cccc(Cl)c1. The van der Waals surface area contributed by atoms with Gasteiger partial charge in [-0.3, -0.25) is 9.59 Å². The quantitative estimate of drug-likeness (QED) is 0.502. The fourth-order valence-electron chi connectivity index (χ4n) is 1.98. The van der Waals surface area contributed by atoms with Crippen LogP contribution in [-0.4, -0.2) is 29.2 Å². The molecule has 0 spiro atoms. The Morgan fingerprint density at radius 3 is 2.84 bits per heavy atom. The Labute approximate surface area is 157 Å². The highest BCUT2D eigenvalue weighted by Crippen LogP contribution is 2.29. The number of hydrogen-bond acceptors (Lipinski definition) is 6. The van der Waals surface area contributed by atoms with E-state index < -0.39 is 11.9 Å². The van der Waals surface area contributed by atoms with E-state index in [-0.39, 0.29) is 12.4 Å². The van der Waals surface area contributed by atoms with Crippen LogP contribution < -0.4 is 5.32 Å². The van der Waals surface area contributed by atoms with Crippen molar-refractivity contribution in [3.05, 3.63) is 53.6 Å². The third-order valence-electron chi connectivity index (χ3n) is 3.06. The van der Waals surface area contributed by atoms with Crippen molar-refractivity contribution in [3.8, 4) is 0 Å². The number of nitrogens with one attached hydrogen (secondary N) is 1. The van der Waals surface area contributed by atoms with Crippen LogP contribution in [0.2, 0.25) is 5.02 Å². The molecule has 0 bridgehead atoms. The number of para-hydroxylation sites is 1. The van der Waals surface area contributed by atoms with E-state index in [2.05, 4.69) is 10.3 Å². The summed E-state index contributed by atoms with van der Waals surface area (Å²) in [6, 6.07) is 14.5. The largest absolute Gasteiger partial charge is 0.455 e. The molecule has 25 heavy (non-hydrogen) atoms. The summed E-state index contributed by atoms with van der Waals surface area (Å²) in [5.74, 6) is -0.782. The van der Waals surface area contributed by atoms with Crippen molar-refractivity contribution in [2.45, 2.75) is 4.34 Å². The van der Waals surface area contributed by atoms with Crippen LogP contribution in [0.5, 0.6) is 0 Å². The van der Waals surface area contributed by atoms with Gasteiger partial charge in [-0.25, -0.2) is 4.98 Å². The number of ether oxygens (including phenoxy) is 1. The van der Waals surface area contributed by atoms with Gasteiger partial charge in [-0.2, -0.15) is 0 Å². The monoisotopic (exact) mass is 392 g/mol. The van der Waals surface area contributed by atoms with E-state index in [0.717, 1.165) is 14.6 Å². The van der Waals surface area contributed by atoms with Gasteiger partial charge in [-0.15, -0.1) is 11.3 Å². The number of thiazole rings is 1. The molecule has 1 aromatic heterocycles. The molecule has 0 unspecified atom stereocenters. The third kappa shape index (κ3) is 5.19. The minimum Gasteiger partial charge on any atom is -0.455 e. The molecule has 1 N–H and O–H groups in total. The molecule has 1 heterocycles. The van der Waals surface area contributed by atoms with Crippen molar-refractivity contribution in [3.63, 3.8) is 0 Å². The van der Waals surface area contributed by atoms with E-state index in [0.29, 0.717) is 10.7 Å². The van der Waals surface area contributed by atoms with E-state index in [1.165, 1.54) is 23.1 Å². The second-order valence-corrected chi connectivity index (χ2v) is 7.64. The fourth-order valence-corrected chi connectivity index (χ4v) is 4.04. The van der Waals surface area contributed by atoms with Crippen LogP contribution in [-0.2, 0) is 14.3 Å². The molecular weight excluding hydrogens is 380 g/mol. The van der Waals surface area contributed by atoms with Gasteiger partial charge in [-0.05, 0) is 30.3 Å². The number of rotatable bonds is 6. The number of anilines is 1. The van der Waals surface area contributed by atoms with Crippen LogP contribution in [0.25, 0.3) is 10.2 Å². The zero-order chi connectivity index (χ0) is 17.6. The van der Waals surface area contributed by atoms with Crippen molar-refractivity contribution < 1.29 is 14.3 Å². The van der Waals surface area contributed by atoms with E-state index in [9.17, 15) is 9.59 Å². The smallest absolute Gasteiger partial charge is 0.316 e. The number of hydrogen-bond donors (Lipinski definition) is 1. The van der Waals surface area contributed by atoms with Crippen molar-refractivity contribution >= 4 is 62.5 Å². The number of nitrogens with zero attached hydrogens (tertiary/aromatic N) is 1. The minimum atomic E-state index is -0.467. The molecule has 0 fully saturated rings. The maximum atomic E-state index is 11.8. The summed E-state index contributed by atoms with van der Waals surface area (Å²) in [4.78, 5) is 28.0. The van der Waals surface area contributed by atoms with Gasteiger partial charge in [-0.1, -0.05) is 41.6 Å². The summed E-state index contributed by atoms with van der Waals surface area (Å²) >= 11 is 8.65. The van der Waals surface area contributed by atoms with Crippen molar-refractivity contribution in [1.29, 1.82) is 0 Å². The summed E-state index contributed by atoms with van der Waals surface area (Å²) in [7, 11) is 0. The maximum absolute atomic E-state index is 11.8. The van der Waals surface area contributed by atoms with Crippen molar-refractivity contribution in [2.24, 2.45) is 0 Å². The van der Waals surface area contributed by atoms with Crippen molar-refractivity contribution in [1.82, 2.24) is 4.98 Å². The van der Waals surface area contributed by atoms with Crippen LogP contribution in [0.3, 0.4) is 0 Å². The topological polar surface area (TPSA) is 68.3 Å². The predicted molar refractivity (Wildman–Crippen MR) is 101 cm³/mol. The van der Waals surface area contributed by atoms with Gasteiger partial charge < -0.3 is 10.1 Å². The number of esters is 1. The van der Waals surface area contributed by atoms with Gasteiger partial charge in [0.15, 0.2) is 10.9 Å². The molecular formula is C17H13ClN2O3S2. The van der Waals surface area contributed by atoms with E-state index in [4.69, 9.17) is 16.3 Å². The number of carbonyl (C=O) groups excluding carboxylic acids is 2. The standard InChI is InChI=1S/C17H13ClN2O3S2/c18-11-4-3-5-12(8-11)19-15(21)9-23-16(22)10-24-17-20-13-6-1-2-7-14(13)25-17/h1-8H,9-10H2,(H,19,21). The Hall–Kier alpha value is -2.09. The maximum Gasteiger partial charge on any atom is 0.316 e. The molecule has 0 saturated carbocycles. The molecule has 2 aromatic carbocycles. The predicted octanol–water partition coefficient (Wildman–Crippen LogP) is 4.22. The third-order valence-corrected chi connectivity index (χ3v) is 5.45. The Balaban J connectivity index is 1.43. The number of fused-ring (bicyclic) bond motifs is 1. The summed E-state index contributed by atoms with van der Waals surface area (Å²) in [6.45, 7) is -0.342. The summed E-state index contributed by atoms with van der Waals surface area (Å²) < 4.78 is 6.84. The molecule has 0 radical (unpaired) electrons. The van der Waals surface area contributed by atoms with Gasteiger partial charge in [0.2, 0.25) is 0 Å². The minimum absolute atomic E-state index is 0.101. The van der Waals surface area contributed by atoms with Crippen LogP contribution in [0.1, 0.15) is 0 Å².